The Kier molecular flexibility index (Phi) is 3.58. The van der Waals surface area contributed by atoms with E-state index in [1.807, 2.05) is 13.0 Å². The molecule has 3 fully saturated rings. The van der Waals surface area contributed by atoms with Gasteiger partial charge in [0.1, 0.15) is 0 Å². The fourth-order valence-electron chi connectivity index (χ4n) is 4.07. The van der Waals surface area contributed by atoms with Gasteiger partial charge in [-0.2, -0.15) is 0 Å². The van der Waals surface area contributed by atoms with Gasteiger partial charge in [-0.1, -0.05) is 6.08 Å². The maximum Gasteiger partial charge on any atom is 0.340 e. The summed E-state index contributed by atoms with van der Waals surface area (Å²) in [5.41, 5.74) is 3.48. The number of piperidine rings is 3. The van der Waals surface area contributed by atoms with Gasteiger partial charge in [0.05, 0.1) is 18.3 Å². The second-order valence-corrected chi connectivity index (χ2v) is 7.37. The van der Waals surface area contributed by atoms with Crippen molar-refractivity contribution in [2.75, 3.05) is 26.2 Å². The molecule has 1 atom stereocenters. The van der Waals surface area contributed by atoms with Gasteiger partial charge in [-0.15, -0.1) is 0 Å². The van der Waals surface area contributed by atoms with Crippen LogP contribution in [0.2, 0.25) is 0 Å². The number of aromatic nitrogens is 1. The number of hydrogen-bond donors (Lipinski definition) is 2. The number of aliphatic hydroxyl groups excluding tert-OH is 1. The van der Waals surface area contributed by atoms with Gasteiger partial charge in [0.15, 0.2) is 0 Å². The first-order valence-corrected chi connectivity index (χ1v) is 8.52. The molecule has 124 valence electrons. The van der Waals surface area contributed by atoms with Crippen LogP contribution in [0.5, 0.6) is 0 Å². The molecule has 2 bridgehead atoms. The number of nitrogens with zero attached hydrogens (tertiary/aromatic N) is 1. The minimum absolute atomic E-state index is 0.197. The summed E-state index contributed by atoms with van der Waals surface area (Å²) in [6, 6.07) is 0. The van der Waals surface area contributed by atoms with E-state index < -0.39 is 6.10 Å². The van der Waals surface area contributed by atoms with Crippen molar-refractivity contribution in [3.05, 3.63) is 28.6 Å². The quantitative estimate of drug-likeness (QED) is 0.837. The SMILES string of the molecule is CC1=Cc2c(C(=O)OCC34CCN(CC3)CC4)c[nH]c2CC1O. The van der Waals surface area contributed by atoms with E-state index in [0.29, 0.717) is 18.6 Å². The zero-order chi connectivity index (χ0) is 16.0. The minimum Gasteiger partial charge on any atom is -0.461 e. The summed E-state index contributed by atoms with van der Waals surface area (Å²) in [6.07, 6.45) is 7.09. The zero-order valence-electron chi connectivity index (χ0n) is 13.6. The van der Waals surface area contributed by atoms with Crippen LogP contribution < -0.4 is 0 Å². The van der Waals surface area contributed by atoms with E-state index in [0.717, 1.165) is 55.7 Å². The number of H-pyrrole nitrogens is 1. The molecule has 1 aromatic rings. The fraction of sp³-hybridized carbons (Fsp3) is 0.611. The third kappa shape index (κ3) is 2.62. The van der Waals surface area contributed by atoms with Crippen LogP contribution >= 0.6 is 0 Å². The van der Waals surface area contributed by atoms with Gasteiger partial charge < -0.3 is 19.7 Å². The number of carbonyl (C=O) groups excluding carboxylic acids is 1. The first-order valence-electron chi connectivity index (χ1n) is 8.52. The van der Waals surface area contributed by atoms with Crippen molar-refractivity contribution >= 4 is 12.0 Å². The van der Waals surface area contributed by atoms with E-state index in [2.05, 4.69) is 9.88 Å². The molecule has 0 aromatic carbocycles. The van der Waals surface area contributed by atoms with Gasteiger partial charge in [-0.25, -0.2) is 4.79 Å². The van der Waals surface area contributed by atoms with Crippen molar-refractivity contribution in [1.29, 1.82) is 0 Å². The number of rotatable bonds is 3. The molecular formula is C18H24N2O3. The Hall–Kier alpha value is -1.59. The summed E-state index contributed by atoms with van der Waals surface area (Å²) >= 11 is 0. The average Bonchev–Trinajstić information content (AvgIpc) is 2.98. The lowest BCUT2D eigenvalue weighted by Crippen LogP contribution is -2.50. The summed E-state index contributed by atoms with van der Waals surface area (Å²) in [7, 11) is 0. The number of ether oxygens (including phenoxy) is 1. The van der Waals surface area contributed by atoms with E-state index in [9.17, 15) is 9.90 Å². The maximum atomic E-state index is 12.5. The second kappa shape index (κ2) is 5.49. The number of aliphatic hydroxyl groups is 1. The molecule has 2 N–H and O–H groups in total. The van der Waals surface area contributed by atoms with Gasteiger partial charge in [0.25, 0.3) is 0 Å². The van der Waals surface area contributed by atoms with Crippen molar-refractivity contribution < 1.29 is 14.6 Å². The lowest BCUT2D eigenvalue weighted by molar-refractivity contribution is -0.0305. The van der Waals surface area contributed by atoms with E-state index >= 15 is 0 Å². The van der Waals surface area contributed by atoms with Crippen LogP contribution in [0.4, 0.5) is 0 Å². The van der Waals surface area contributed by atoms with Gasteiger partial charge in [0, 0.05) is 29.3 Å². The molecule has 1 unspecified atom stereocenters. The molecule has 4 aliphatic rings. The molecule has 3 aliphatic heterocycles. The highest BCUT2D eigenvalue weighted by atomic mass is 16.5. The van der Waals surface area contributed by atoms with E-state index in [1.165, 1.54) is 0 Å². The van der Waals surface area contributed by atoms with Crippen molar-refractivity contribution in [2.24, 2.45) is 5.41 Å². The minimum atomic E-state index is -0.462. The predicted molar refractivity (Wildman–Crippen MR) is 87.2 cm³/mol. The predicted octanol–water partition coefficient (Wildman–Crippen LogP) is 1.98. The lowest BCUT2D eigenvalue weighted by Gasteiger charge is -2.47. The molecule has 1 aromatic heterocycles. The van der Waals surface area contributed by atoms with Crippen molar-refractivity contribution in [3.8, 4) is 0 Å². The fourth-order valence-corrected chi connectivity index (χ4v) is 4.07. The highest BCUT2D eigenvalue weighted by Gasteiger charge is 2.40. The Morgan fingerprint density at radius 1 is 1.39 bits per heavy atom. The number of hydrogen-bond acceptors (Lipinski definition) is 4. The van der Waals surface area contributed by atoms with Gasteiger partial charge >= 0.3 is 5.97 Å². The van der Waals surface area contributed by atoms with Crippen LogP contribution in [0.25, 0.3) is 6.08 Å². The number of esters is 1. The molecule has 1 aliphatic carbocycles. The molecule has 5 heteroatoms. The standard InChI is InChI=1S/C18H24N2O3/c1-12-8-13-14(10-19-15(13)9-16(12)21)17(22)23-11-18-2-5-20(6-3-18)7-4-18/h8,10,16,19,21H,2-7,9,11H2,1H3. The molecule has 0 spiro atoms. The molecule has 0 saturated carbocycles. The molecule has 4 heterocycles. The largest absolute Gasteiger partial charge is 0.461 e. The zero-order valence-corrected chi connectivity index (χ0v) is 13.6. The first kappa shape index (κ1) is 15.0. The highest BCUT2D eigenvalue weighted by molar-refractivity contribution is 5.94. The molecule has 5 rings (SSSR count). The van der Waals surface area contributed by atoms with Crippen LogP contribution in [0.15, 0.2) is 11.8 Å². The van der Waals surface area contributed by atoms with Crippen LogP contribution in [0.1, 0.15) is 47.8 Å². The normalized spacial score (nSPS) is 32.3. The lowest BCUT2D eigenvalue weighted by atomic mass is 9.73. The van der Waals surface area contributed by atoms with Crippen LogP contribution in [-0.2, 0) is 11.2 Å². The summed E-state index contributed by atoms with van der Waals surface area (Å²) < 4.78 is 5.70. The molecular weight excluding hydrogens is 292 g/mol. The average molecular weight is 316 g/mol. The van der Waals surface area contributed by atoms with Crippen molar-refractivity contribution in [2.45, 2.75) is 38.7 Å². The number of nitrogens with one attached hydrogen (secondary N) is 1. The van der Waals surface area contributed by atoms with Gasteiger partial charge in [-0.3, -0.25) is 0 Å². The first-order chi connectivity index (χ1) is 11.1. The van der Waals surface area contributed by atoms with E-state index in [-0.39, 0.29) is 11.4 Å². The molecule has 0 radical (unpaired) electrons. The smallest absolute Gasteiger partial charge is 0.340 e. The molecule has 5 nitrogen and oxygen atoms in total. The van der Waals surface area contributed by atoms with Crippen LogP contribution in [0, 0.1) is 5.41 Å². The van der Waals surface area contributed by atoms with Crippen molar-refractivity contribution in [1.82, 2.24) is 9.88 Å². The summed E-state index contributed by atoms with van der Waals surface area (Å²) in [4.78, 5) is 18.1. The van der Waals surface area contributed by atoms with E-state index in [1.54, 1.807) is 6.20 Å². The monoisotopic (exact) mass is 316 g/mol. The van der Waals surface area contributed by atoms with Crippen LogP contribution in [-0.4, -0.2) is 53.3 Å². The number of aromatic amines is 1. The highest BCUT2D eigenvalue weighted by Crippen LogP contribution is 2.40. The number of carbonyl (C=O) groups is 1. The molecule has 0 amide bonds. The second-order valence-electron chi connectivity index (χ2n) is 7.37. The summed E-state index contributed by atoms with van der Waals surface area (Å²) in [5, 5.41) is 9.91. The Balaban J connectivity index is 1.47. The Morgan fingerprint density at radius 3 is 2.78 bits per heavy atom. The number of fused-ring (bicyclic) bond motifs is 4. The van der Waals surface area contributed by atoms with Gasteiger partial charge in [-0.05, 0) is 51.4 Å². The summed E-state index contributed by atoms with van der Waals surface area (Å²) in [6.45, 7) is 5.83. The van der Waals surface area contributed by atoms with Gasteiger partial charge in [0.2, 0.25) is 0 Å². The molecule has 23 heavy (non-hydrogen) atoms. The van der Waals surface area contributed by atoms with E-state index in [4.69, 9.17) is 4.74 Å². The third-order valence-electron chi connectivity index (χ3n) is 5.91. The molecule has 3 saturated heterocycles. The Bertz CT molecular complexity index is 639. The Labute approximate surface area is 136 Å². The maximum absolute atomic E-state index is 12.5. The third-order valence-corrected chi connectivity index (χ3v) is 5.91. The topological polar surface area (TPSA) is 65.6 Å². The Morgan fingerprint density at radius 2 is 2.09 bits per heavy atom. The summed E-state index contributed by atoms with van der Waals surface area (Å²) in [5.74, 6) is -0.245. The van der Waals surface area contributed by atoms with Crippen molar-refractivity contribution in [3.63, 3.8) is 0 Å². The van der Waals surface area contributed by atoms with Crippen LogP contribution in [0.3, 0.4) is 0 Å².